The molecule has 0 aliphatic carbocycles. The lowest BCUT2D eigenvalue weighted by molar-refractivity contribution is -0.274. The van der Waals surface area contributed by atoms with Crippen molar-refractivity contribution in [3.8, 4) is 11.5 Å². The molecule has 2 nitrogen and oxygen atoms in total. The van der Waals surface area contributed by atoms with E-state index in [1.807, 2.05) is 0 Å². The highest BCUT2D eigenvalue weighted by atomic mass is 19.4. The maximum atomic E-state index is 12.0. The van der Waals surface area contributed by atoms with E-state index in [0.29, 0.717) is 12.4 Å². The third kappa shape index (κ3) is 7.92. The van der Waals surface area contributed by atoms with Gasteiger partial charge in [0.25, 0.3) is 0 Å². The summed E-state index contributed by atoms with van der Waals surface area (Å²) in [4.78, 5) is 0. The summed E-state index contributed by atoms with van der Waals surface area (Å²) in [7, 11) is 0. The molecular formula is C15H20F3O2. The van der Waals surface area contributed by atoms with Crippen molar-refractivity contribution in [2.24, 2.45) is 0 Å². The monoisotopic (exact) mass is 289 g/mol. The zero-order valence-electron chi connectivity index (χ0n) is 11.4. The number of hydrogen-bond acceptors (Lipinski definition) is 2. The Balaban J connectivity index is 2.18. The summed E-state index contributed by atoms with van der Waals surface area (Å²) in [5, 5.41) is 0. The minimum absolute atomic E-state index is 0.238. The number of hydrogen-bond donors (Lipinski definition) is 0. The first-order valence-electron chi connectivity index (χ1n) is 6.79. The van der Waals surface area contributed by atoms with E-state index in [9.17, 15) is 13.2 Å². The van der Waals surface area contributed by atoms with Crippen LogP contribution in [0.2, 0.25) is 0 Å². The Bertz CT molecular complexity index is 360. The van der Waals surface area contributed by atoms with Crippen molar-refractivity contribution in [3.05, 3.63) is 31.2 Å². The molecule has 1 aromatic carbocycles. The average molecular weight is 289 g/mol. The molecule has 0 bridgehead atoms. The zero-order chi connectivity index (χ0) is 14.8. The Kier molecular flexibility index (Phi) is 7.26. The summed E-state index contributed by atoms with van der Waals surface area (Å²) in [6, 6.07) is 5.45. The van der Waals surface area contributed by atoms with Crippen LogP contribution in [0.15, 0.2) is 24.3 Å². The van der Waals surface area contributed by atoms with Gasteiger partial charge in [-0.05, 0) is 30.7 Å². The van der Waals surface area contributed by atoms with Crippen molar-refractivity contribution >= 4 is 0 Å². The highest BCUT2D eigenvalue weighted by molar-refractivity contribution is 5.31. The number of unbranched alkanes of at least 4 members (excludes halogenated alkanes) is 5. The Hall–Kier alpha value is -1.39. The molecule has 0 aromatic heterocycles. The smallest absolute Gasteiger partial charge is 0.494 e. The van der Waals surface area contributed by atoms with Gasteiger partial charge >= 0.3 is 6.36 Å². The second kappa shape index (κ2) is 8.72. The highest BCUT2D eigenvalue weighted by Gasteiger charge is 2.30. The molecule has 0 unspecified atom stereocenters. The quantitative estimate of drug-likeness (QED) is 0.586. The number of alkyl halides is 3. The minimum atomic E-state index is -4.66. The highest BCUT2D eigenvalue weighted by Crippen LogP contribution is 2.24. The van der Waals surface area contributed by atoms with Crippen LogP contribution in [0.5, 0.6) is 11.5 Å². The van der Waals surface area contributed by atoms with Gasteiger partial charge in [-0.1, -0.05) is 39.0 Å². The molecule has 0 heterocycles. The molecule has 1 radical (unpaired) electrons. The molecule has 0 amide bonds. The molecule has 0 aliphatic rings. The Morgan fingerprint density at radius 3 is 2.00 bits per heavy atom. The van der Waals surface area contributed by atoms with Gasteiger partial charge in [0.05, 0.1) is 6.61 Å². The third-order valence-corrected chi connectivity index (χ3v) is 2.72. The van der Waals surface area contributed by atoms with E-state index in [4.69, 9.17) is 4.74 Å². The summed E-state index contributed by atoms with van der Waals surface area (Å²) in [5.74, 6) is 0.315. The van der Waals surface area contributed by atoms with Gasteiger partial charge < -0.3 is 9.47 Å². The van der Waals surface area contributed by atoms with E-state index in [1.54, 1.807) is 0 Å². The van der Waals surface area contributed by atoms with Crippen LogP contribution < -0.4 is 9.47 Å². The third-order valence-electron chi connectivity index (χ3n) is 2.72. The summed E-state index contributed by atoms with van der Waals surface area (Å²) >= 11 is 0. The lowest BCUT2D eigenvalue weighted by Gasteiger charge is -2.10. The molecule has 5 heteroatoms. The van der Waals surface area contributed by atoms with Gasteiger partial charge in [0.2, 0.25) is 0 Å². The Labute approximate surface area is 117 Å². The van der Waals surface area contributed by atoms with Crippen LogP contribution >= 0.6 is 0 Å². The molecular weight excluding hydrogens is 269 g/mol. The molecule has 113 valence electrons. The molecule has 20 heavy (non-hydrogen) atoms. The van der Waals surface area contributed by atoms with E-state index in [-0.39, 0.29) is 5.75 Å². The van der Waals surface area contributed by atoms with Crippen LogP contribution in [0.1, 0.15) is 38.5 Å². The van der Waals surface area contributed by atoms with Crippen LogP contribution in [0.4, 0.5) is 13.2 Å². The van der Waals surface area contributed by atoms with Crippen molar-refractivity contribution < 1.29 is 22.6 Å². The Morgan fingerprint density at radius 2 is 1.40 bits per heavy atom. The van der Waals surface area contributed by atoms with Crippen LogP contribution in [0.3, 0.4) is 0 Å². The number of rotatable bonds is 9. The molecule has 1 aromatic rings. The first-order chi connectivity index (χ1) is 9.51. The topological polar surface area (TPSA) is 18.5 Å². The van der Waals surface area contributed by atoms with Gasteiger partial charge in [-0.15, -0.1) is 13.2 Å². The predicted molar refractivity (Wildman–Crippen MR) is 71.7 cm³/mol. The van der Waals surface area contributed by atoms with Gasteiger partial charge in [-0.2, -0.15) is 0 Å². The summed E-state index contributed by atoms with van der Waals surface area (Å²) in [6.45, 7) is 4.36. The Morgan fingerprint density at radius 1 is 0.850 bits per heavy atom. The molecule has 0 saturated carbocycles. The van der Waals surface area contributed by atoms with Crippen molar-refractivity contribution in [3.63, 3.8) is 0 Å². The first-order valence-corrected chi connectivity index (χ1v) is 6.79. The number of halogens is 3. The average Bonchev–Trinajstić information content (AvgIpc) is 2.38. The molecule has 0 aliphatic heterocycles. The van der Waals surface area contributed by atoms with Gasteiger partial charge in [0, 0.05) is 0 Å². The van der Waals surface area contributed by atoms with Gasteiger partial charge in [0.15, 0.2) is 0 Å². The molecule has 0 N–H and O–H groups in total. The van der Waals surface area contributed by atoms with E-state index >= 15 is 0 Å². The predicted octanol–water partition coefficient (Wildman–Crippen LogP) is 5.14. The molecule has 0 spiro atoms. The molecule has 1 rings (SSSR count). The van der Waals surface area contributed by atoms with E-state index < -0.39 is 6.36 Å². The zero-order valence-corrected chi connectivity index (χ0v) is 11.4. The van der Waals surface area contributed by atoms with Crippen molar-refractivity contribution in [1.82, 2.24) is 0 Å². The normalized spacial score (nSPS) is 11.4. The summed E-state index contributed by atoms with van der Waals surface area (Å²) in [5.41, 5.74) is 0. The summed E-state index contributed by atoms with van der Waals surface area (Å²) < 4.78 is 45.1. The van der Waals surface area contributed by atoms with Crippen LogP contribution in [-0.2, 0) is 0 Å². The lowest BCUT2D eigenvalue weighted by atomic mass is 10.1. The van der Waals surface area contributed by atoms with E-state index in [0.717, 1.165) is 32.1 Å². The van der Waals surface area contributed by atoms with Crippen LogP contribution in [0, 0.1) is 6.92 Å². The van der Waals surface area contributed by atoms with Crippen molar-refractivity contribution in [1.29, 1.82) is 0 Å². The number of benzene rings is 1. The second-order valence-electron chi connectivity index (χ2n) is 4.49. The molecule has 0 atom stereocenters. The SMILES string of the molecule is [CH2]CCCCCCCOc1ccc(OC(F)(F)F)cc1. The first kappa shape index (κ1) is 16.7. The van der Waals surface area contributed by atoms with Gasteiger partial charge in [-0.25, -0.2) is 0 Å². The van der Waals surface area contributed by atoms with Gasteiger partial charge in [0.1, 0.15) is 11.5 Å². The second-order valence-corrected chi connectivity index (χ2v) is 4.49. The molecule has 0 saturated heterocycles. The van der Waals surface area contributed by atoms with Crippen molar-refractivity contribution in [2.75, 3.05) is 6.61 Å². The maximum Gasteiger partial charge on any atom is 0.573 e. The van der Waals surface area contributed by atoms with Gasteiger partial charge in [-0.3, -0.25) is 0 Å². The van der Waals surface area contributed by atoms with Crippen LogP contribution in [0.25, 0.3) is 0 Å². The van der Waals surface area contributed by atoms with E-state index in [2.05, 4.69) is 11.7 Å². The fourth-order valence-corrected chi connectivity index (χ4v) is 1.74. The maximum absolute atomic E-state index is 12.0. The standard InChI is InChI=1S/C15H20F3O2/c1-2-3-4-5-6-7-12-19-13-8-10-14(11-9-13)20-15(16,17)18/h8-11H,1-7,12H2. The largest absolute Gasteiger partial charge is 0.573 e. The number of ether oxygens (including phenoxy) is 2. The minimum Gasteiger partial charge on any atom is -0.494 e. The molecule has 0 fully saturated rings. The van der Waals surface area contributed by atoms with Crippen LogP contribution in [-0.4, -0.2) is 13.0 Å². The fourth-order valence-electron chi connectivity index (χ4n) is 1.74. The lowest BCUT2D eigenvalue weighted by Crippen LogP contribution is -2.16. The van der Waals surface area contributed by atoms with E-state index in [1.165, 1.54) is 30.7 Å². The summed E-state index contributed by atoms with van der Waals surface area (Å²) in [6.07, 6.45) is 1.86. The fraction of sp³-hybridized carbons (Fsp3) is 0.533. The van der Waals surface area contributed by atoms with Crippen molar-refractivity contribution in [2.45, 2.75) is 44.9 Å².